The number of hydrogen-bond acceptors (Lipinski definition) is 1. The molecule has 0 spiro atoms. The van der Waals surface area contributed by atoms with Gasteiger partial charge in [0.15, 0.2) is 0 Å². The molecule has 0 fully saturated rings. The lowest BCUT2D eigenvalue weighted by Gasteiger charge is -2.05. The molecule has 0 saturated carbocycles. The van der Waals surface area contributed by atoms with Crippen LogP contribution in [0.5, 0.6) is 0 Å². The van der Waals surface area contributed by atoms with E-state index in [-0.39, 0.29) is 0 Å². The monoisotopic (exact) mass is 151 g/mol. The lowest BCUT2D eigenvalue weighted by molar-refractivity contribution is 0.762. The van der Waals surface area contributed by atoms with Crippen molar-refractivity contribution >= 4 is 5.71 Å². The lowest BCUT2D eigenvalue weighted by Crippen LogP contribution is -1.96. The summed E-state index contributed by atoms with van der Waals surface area (Å²) in [6.45, 7) is 15.7. The van der Waals surface area contributed by atoms with Crippen LogP contribution in [0.3, 0.4) is 0 Å². The fraction of sp³-hybridized carbons (Fsp3) is 0.500. The molecule has 0 amide bonds. The summed E-state index contributed by atoms with van der Waals surface area (Å²) in [5, 5.41) is 0. The van der Waals surface area contributed by atoms with Gasteiger partial charge < -0.3 is 0 Å². The molecule has 0 aliphatic rings. The second-order valence-corrected chi connectivity index (χ2v) is 3.12. The smallest absolute Gasteiger partial charge is 0.0399 e. The first kappa shape index (κ1) is 10.2. The highest BCUT2D eigenvalue weighted by Gasteiger charge is 1.98. The van der Waals surface area contributed by atoms with Crippen molar-refractivity contribution in [1.82, 2.24) is 0 Å². The molecule has 1 nitrogen and oxygen atoms in total. The van der Waals surface area contributed by atoms with Crippen molar-refractivity contribution in [2.45, 2.75) is 27.7 Å². The topological polar surface area (TPSA) is 12.4 Å². The molecule has 0 heterocycles. The first-order chi connectivity index (χ1) is 4.95. The zero-order valence-corrected chi connectivity index (χ0v) is 7.94. The largest absolute Gasteiger partial charge is 0.258 e. The molecule has 0 aliphatic heterocycles. The Hall–Kier alpha value is -0.850. The van der Waals surface area contributed by atoms with E-state index in [0.29, 0.717) is 5.92 Å². The van der Waals surface area contributed by atoms with Gasteiger partial charge in [0, 0.05) is 11.4 Å². The van der Waals surface area contributed by atoms with Crippen molar-refractivity contribution in [2.75, 3.05) is 0 Å². The number of hydrogen-bond donors (Lipinski definition) is 0. The molecule has 0 aliphatic carbocycles. The third-order valence-electron chi connectivity index (χ3n) is 1.60. The Kier molecular flexibility index (Phi) is 3.80. The van der Waals surface area contributed by atoms with Crippen molar-refractivity contribution in [3.63, 3.8) is 0 Å². The standard InChI is InChI=1S/C10H17N/c1-7(2)9(5)11-10(6)8(3)4/h8H,1,6H2,2-5H3. The Morgan fingerprint density at radius 1 is 1.18 bits per heavy atom. The Morgan fingerprint density at radius 2 is 1.64 bits per heavy atom. The van der Waals surface area contributed by atoms with E-state index in [9.17, 15) is 0 Å². The van der Waals surface area contributed by atoms with Crippen LogP contribution in [-0.2, 0) is 0 Å². The summed E-state index contributed by atoms with van der Waals surface area (Å²) in [6, 6.07) is 0. The van der Waals surface area contributed by atoms with Crippen molar-refractivity contribution < 1.29 is 0 Å². The minimum absolute atomic E-state index is 0.421. The molecule has 0 unspecified atom stereocenters. The van der Waals surface area contributed by atoms with Gasteiger partial charge in [0.2, 0.25) is 0 Å². The van der Waals surface area contributed by atoms with Crippen molar-refractivity contribution in [3.05, 3.63) is 24.4 Å². The predicted octanol–water partition coefficient (Wildman–Crippen LogP) is 3.19. The summed E-state index contributed by atoms with van der Waals surface area (Å²) in [6.07, 6.45) is 0. The Morgan fingerprint density at radius 3 is 1.91 bits per heavy atom. The zero-order valence-electron chi connectivity index (χ0n) is 7.94. The van der Waals surface area contributed by atoms with Gasteiger partial charge in [0.05, 0.1) is 0 Å². The van der Waals surface area contributed by atoms with Crippen LogP contribution in [0.25, 0.3) is 0 Å². The number of rotatable bonds is 3. The zero-order chi connectivity index (χ0) is 9.02. The van der Waals surface area contributed by atoms with E-state index in [1.165, 1.54) is 0 Å². The fourth-order valence-electron chi connectivity index (χ4n) is 0.440. The second kappa shape index (κ2) is 4.12. The molecule has 0 bridgehead atoms. The van der Waals surface area contributed by atoms with Crippen molar-refractivity contribution in [3.8, 4) is 0 Å². The van der Waals surface area contributed by atoms with Crippen LogP contribution in [0.2, 0.25) is 0 Å². The minimum atomic E-state index is 0.421. The van der Waals surface area contributed by atoms with Crippen molar-refractivity contribution in [1.29, 1.82) is 0 Å². The molecule has 11 heavy (non-hydrogen) atoms. The van der Waals surface area contributed by atoms with E-state index >= 15 is 0 Å². The third-order valence-corrected chi connectivity index (χ3v) is 1.60. The van der Waals surface area contributed by atoms with Crippen LogP contribution in [0, 0.1) is 5.92 Å². The average Bonchev–Trinajstić information content (AvgIpc) is 1.87. The summed E-state index contributed by atoms with van der Waals surface area (Å²) >= 11 is 0. The molecule has 1 heteroatoms. The quantitative estimate of drug-likeness (QED) is 0.549. The van der Waals surface area contributed by atoms with E-state index in [1.54, 1.807) is 0 Å². The maximum Gasteiger partial charge on any atom is 0.0399 e. The van der Waals surface area contributed by atoms with Gasteiger partial charge in [-0.05, 0) is 25.3 Å². The highest BCUT2D eigenvalue weighted by Crippen LogP contribution is 2.09. The molecular weight excluding hydrogens is 134 g/mol. The molecule has 0 aromatic rings. The van der Waals surface area contributed by atoms with Gasteiger partial charge in [-0.3, -0.25) is 4.99 Å². The van der Waals surface area contributed by atoms with E-state index in [0.717, 1.165) is 17.0 Å². The maximum absolute atomic E-state index is 4.30. The van der Waals surface area contributed by atoms with Gasteiger partial charge >= 0.3 is 0 Å². The summed E-state index contributed by atoms with van der Waals surface area (Å²) in [5.41, 5.74) is 2.90. The van der Waals surface area contributed by atoms with Gasteiger partial charge in [0.25, 0.3) is 0 Å². The average molecular weight is 151 g/mol. The number of nitrogens with zero attached hydrogens (tertiary/aromatic N) is 1. The van der Waals surface area contributed by atoms with Crippen LogP contribution < -0.4 is 0 Å². The molecule has 0 rings (SSSR count). The molecule has 62 valence electrons. The Labute approximate surface area is 69.5 Å². The minimum Gasteiger partial charge on any atom is -0.258 e. The normalized spacial score (nSPS) is 11.9. The van der Waals surface area contributed by atoms with Crippen LogP contribution in [0.15, 0.2) is 29.4 Å². The number of allylic oxidation sites excluding steroid dienone is 2. The predicted molar refractivity (Wildman–Crippen MR) is 51.9 cm³/mol. The van der Waals surface area contributed by atoms with Gasteiger partial charge in [-0.15, -0.1) is 0 Å². The molecule has 0 saturated heterocycles. The SMILES string of the molecule is C=C(C)C(C)=NC(=C)C(C)C. The van der Waals surface area contributed by atoms with Crippen LogP contribution in [-0.4, -0.2) is 5.71 Å². The molecular formula is C10H17N. The molecule has 0 radical (unpaired) electrons. The highest BCUT2D eigenvalue weighted by atomic mass is 14.8. The van der Waals surface area contributed by atoms with E-state index < -0.39 is 0 Å². The van der Waals surface area contributed by atoms with Gasteiger partial charge in [0.1, 0.15) is 0 Å². The Balaban J connectivity index is 4.32. The molecule has 0 aromatic heterocycles. The summed E-state index contributed by atoms with van der Waals surface area (Å²) in [4.78, 5) is 4.30. The van der Waals surface area contributed by atoms with Gasteiger partial charge in [-0.1, -0.05) is 27.0 Å². The van der Waals surface area contributed by atoms with Gasteiger partial charge in [-0.25, -0.2) is 0 Å². The van der Waals surface area contributed by atoms with Crippen LogP contribution >= 0.6 is 0 Å². The number of aliphatic imine (C=N–C) groups is 1. The summed E-state index contributed by atoms with van der Waals surface area (Å²) < 4.78 is 0. The maximum atomic E-state index is 4.30. The summed E-state index contributed by atoms with van der Waals surface area (Å²) in [5.74, 6) is 0.421. The first-order valence-electron chi connectivity index (χ1n) is 3.85. The third kappa shape index (κ3) is 3.76. The highest BCUT2D eigenvalue weighted by molar-refractivity contribution is 5.97. The fourth-order valence-corrected chi connectivity index (χ4v) is 0.440. The van der Waals surface area contributed by atoms with Crippen LogP contribution in [0.4, 0.5) is 0 Å². The van der Waals surface area contributed by atoms with Crippen LogP contribution in [0.1, 0.15) is 27.7 Å². The van der Waals surface area contributed by atoms with Gasteiger partial charge in [-0.2, -0.15) is 0 Å². The Bertz CT molecular complexity index is 197. The van der Waals surface area contributed by atoms with E-state index in [4.69, 9.17) is 0 Å². The molecule has 0 aromatic carbocycles. The van der Waals surface area contributed by atoms with E-state index in [2.05, 4.69) is 32.0 Å². The second-order valence-electron chi connectivity index (χ2n) is 3.12. The summed E-state index contributed by atoms with van der Waals surface area (Å²) in [7, 11) is 0. The van der Waals surface area contributed by atoms with Crippen molar-refractivity contribution in [2.24, 2.45) is 10.9 Å². The first-order valence-corrected chi connectivity index (χ1v) is 3.85. The lowest BCUT2D eigenvalue weighted by atomic mass is 10.1. The molecule has 0 atom stereocenters. The van der Waals surface area contributed by atoms with E-state index in [1.807, 2.05) is 13.8 Å². The molecule has 0 N–H and O–H groups in total.